The average molecular weight is 426 g/mol. The van der Waals surface area contributed by atoms with E-state index in [-0.39, 0.29) is 29.9 Å². The number of guanidine groups is 1. The van der Waals surface area contributed by atoms with Crippen molar-refractivity contribution in [1.82, 2.24) is 10.2 Å². The molecule has 130 valence electrons. The van der Waals surface area contributed by atoms with Gasteiger partial charge >= 0.3 is 0 Å². The average Bonchev–Trinajstić information content (AvgIpc) is 2.42. The molecule has 1 atom stereocenters. The van der Waals surface area contributed by atoms with Crippen LogP contribution in [0.4, 0.5) is 0 Å². The molecule has 0 saturated carbocycles. The molecule has 0 aliphatic carbocycles. The second-order valence-corrected chi connectivity index (χ2v) is 6.07. The third-order valence-electron chi connectivity index (χ3n) is 3.50. The van der Waals surface area contributed by atoms with Crippen LogP contribution in [-0.2, 0) is 9.53 Å². The first-order valence-corrected chi connectivity index (χ1v) is 7.84. The van der Waals surface area contributed by atoms with Gasteiger partial charge in [-0.3, -0.25) is 9.79 Å². The van der Waals surface area contributed by atoms with Crippen molar-refractivity contribution in [3.05, 3.63) is 0 Å². The van der Waals surface area contributed by atoms with Crippen LogP contribution in [0.1, 0.15) is 33.1 Å². The zero-order chi connectivity index (χ0) is 15.7. The van der Waals surface area contributed by atoms with Crippen LogP contribution in [-0.4, -0.2) is 56.7 Å². The van der Waals surface area contributed by atoms with Crippen molar-refractivity contribution in [2.75, 3.05) is 39.9 Å². The smallest absolute Gasteiger partial charge is 0.217 e. The minimum absolute atomic E-state index is 0. The lowest BCUT2D eigenvalue weighted by molar-refractivity contribution is -0.119. The Bertz CT molecular complexity index is 350. The molecule has 1 rings (SSSR count). The first kappa shape index (κ1) is 21.4. The number of carbonyl (C=O) groups excluding carboxylic acids is 1. The molecule has 1 aliphatic heterocycles. The fraction of sp³-hybridized carbons (Fsp3) is 0.867. The summed E-state index contributed by atoms with van der Waals surface area (Å²) in [6.45, 7) is 8.30. The molecule has 0 aromatic heterocycles. The highest BCUT2D eigenvalue weighted by atomic mass is 127. The highest BCUT2D eigenvalue weighted by Gasteiger charge is 2.23. The van der Waals surface area contributed by atoms with E-state index in [2.05, 4.69) is 29.1 Å². The number of hydrogen-bond donors (Lipinski definition) is 2. The van der Waals surface area contributed by atoms with Gasteiger partial charge in [-0.25, -0.2) is 0 Å². The number of carbonyl (C=O) groups is 1. The maximum absolute atomic E-state index is 11.1. The van der Waals surface area contributed by atoms with Crippen molar-refractivity contribution in [2.45, 2.75) is 33.1 Å². The summed E-state index contributed by atoms with van der Waals surface area (Å²) >= 11 is 0. The van der Waals surface area contributed by atoms with E-state index < -0.39 is 0 Å². The van der Waals surface area contributed by atoms with E-state index in [0.717, 1.165) is 45.0 Å². The van der Waals surface area contributed by atoms with Gasteiger partial charge in [0.2, 0.25) is 5.91 Å². The summed E-state index contributed by atoms with van der Waals surface area (Å²) in [5.74, 6) is 1.57. The lowest BCUT2D eigenvalue weighted by Crippen LogP contribution is -2.47. The summed E-state index contributed by atoms with van der Waals surface area (Å²) < 4.78 is 5.55. The number of nitrogens with one attached hydrogen (secondary N) is 1. The zero-order valence-corrected chi connectivity index (χ0v) is 16.3. The van der Waals surface area contributed by atoms with E-state index in [0.29, 0.717) is 24.9 Å². The van der Waals surface area contributed by atoms with Gasteiger partial charge in [0.1, 0.15) is 0 Å². The summed E-state index contributed by atoms with van der Waals surface area (Å²) in [7, 11) is 1.79. The second-order valence-electron chi connectivity index (χ2n) is 6.07. The number of amides is 1. The topological polar surface area (TPSA) is 80.0 Å². The van der Waals surface area contributed by atoms with Crippen LogP contribution < -0.4 is 11.1 Å². The zero-order valence-electron chi connectivity index (χ0n) is 14.0. The summed E-state index contributed by atoms with van der Waals surface area (Å²) in [6, 6.07) is 0. The highest BCUT2D eigenvalue weighted by molar-refractivity contribution is 14.0. The van der Waals surface area contributed by atoms with Crippen LogP contribution in [0.2, 0.25) is 0 Å². The predicted octanol–water partition coefficient (Wildman–Crippen LogP) is 1.44. The first-order valence-electron chi connectivity index (χ1n) is 7.84. The molecule has 0 aromatic carbocycles. The Hall–Kier alpha value is -0.570. The molecule has 0 spiro atoms. The number of piperidine rings is 1. The van der Waals surface area contributed by atoms with Gasteiger partial charge in [-0.1, -0.05) is 13.8 Å². The molecule has 1 heterocycles. The lowest BCUT2D eigenvalue weighted by atomic mass is 9.95. The van der Waals surface area contributed by atoms with Crippen LogP contribution in [0.3, 0.4) is 0 Å². The fourth-order valence-electron chi connectivity index (χ4n) is 2.59. The Balaban J connectivity index is 0.00000441. The van der Waals surface area contributed by atoms with E-state index in [1.165, 1.54) is 0 Å². The molecule has 1 fully saturated rings. The molecule has 1 amide bonds. The summed E-state index contributed by atoms with van der Waals surface area (Å²) in [6.07, 6.45) is 2.60. The van der Waals surface area contributed by atoms with Gasteiger partial charge in [0, 0.05) is 39.7 Å². The number of hydrogen-bond acceptors (Lipinski definition) is 3. The molecule has 7 heteroatoms. The monoisotopic (exact) mass is 426 g/mol. The van der Waals surface area contributed by atoms with E-state index >= 15 is 0 Å². The molecule has 1 saturated heterocycles. The number of nitrogens with two attached hydrogens (primary N) is 1. The SMILES string of the molecule is CN=C(NCCOCC(C)C)N1CCCC(CC(N)=O)C1.I. The number of likely N-dealkylation sites (tertiary alicyclic amines) is 1. The molecule has 22 heavy (non-hydrogen) atoms. The minimum atomic E-state index is -0.216. The Morgan fingerprint density at radius 3 is 2.82 bits per heavy atom. The molecule has 3 N–H and O–H groups in total. The van der Waals surface area contributed by atoms with E-state index in [1.807, 2.05) is 0 Å². The van der Waals surface area contributed by atoms with E-state index in [1.54, 1.807) is 7.05 Å². The Kier molecular flexibility index (Phi) is 11.6. The molecule has 1 aliphatic rings. The third-order valence-corrected chi connectivity index (χ3v) is 3.50. The van der Waals surface area contributed by atoms with Crippen molar-refractivity contribution < 1.29 is 9.53 Å². The molecule has 0 aromatic rings. The van der Waals surface area contributed by atoms with Crippen LogP contribution in [0.5, 0.6) is 0 Å². The quantitative estimate of drug-likeness (QED) is 0.280. The summed E-state index contributed by atoms with van der Waals surface area (Å²) in [4.78, 5) is 17.6. The number of ether oxygens (including phenoxy) is 1. The van der Waals surface area contributed by atoms with Gasteiger partial charge in [0.15, 0.2) is 5.96 Å². The minimum Gasteiger partial charge on any atom is -0.379 e. The highest BCUT2D eigenvalue weighted by Crippen LogP contribution is 2.19. The molecular formula is C15H31IN4O2. The predicted molar refractivity (Wildman–Crippen MR) is 101 cm³/mol. The normalized spacial score (nSPS) is 19.0. The standard InChI is InChI=1S/C15H30N4O2.HI/c1-12(2)11-21-8-6-18-15(17-3)19-7-4-5-13(10-19)9-14(16)20;/h12-13H,4-11H2,1-3H3,(H2,16,20)(H,17,18);1H. The van der Waals surface area contributed by atoms with E-state index in [9.17, 15) is 4.79 Å². The first-order chi connectivity index (χ1) is 10.0. The Morgan fingerprint density at radius 1 is 1.50 bits per heavy atom. The van der Waals surface area contributed by atoms with Crippen LogP contribution in [0, 0.1) is 11.8 Å². The summed E-state index contributed by atoms with van der Waals surface area (Å²) in [5, 5.41) is 3.32. The molecule has 6 nitrogen and oxygen atoms in total. The largest absolute Gasteiger partial charge is 0.379 e. The van der Waals surface area contributed by atoms with E-state index in [4.69, 9.17) is 10.5 Å². The fourth-order valence-corrected chi connectivity index (χ4v) is 2.59. The third kappa shape index (κ3) is 8.77. The molecular weight excluding hydrogens is 395 g/mol. The maximum atomic E-state index is 11.1. The van der Waals surface area contributed by atoms with Crippen LogP contribution in [0.25, 0.3) is 0 Å². The Labute approximate surface area is 151 Å². The molecule has 0 radical (unpaired) electrons. The van der Waals surface area contributed by atoms with Crippen molar-refractivity contribution in [3.8, 4) is 0 Å². The molecule has 1 unspecified atom stereocenters. The van der Waals surface area contributed by atoms with Gasteiger partial charge in [0.25, 0.3) is 0 Å². The number of primary amides is 1. The van der Waals surface area contributed by atoms with Gasteiger partial charge in [-0.15, -0.1) is 24.0 Å². The lowest BCUT2D eigenvalue weighted by Gasteiger charge is -2.34. The summed E-state index contributed by atoms with van der Waals surface area (Å²) in [5.41, 5.74) is 5.30. The maximum Gasteiger partial charge on any atom is 0.217 e. The number of rotatable bonds is 7. The van der Waals surface area contributed by atoms with Crippen molar-refractivity contribution in [3.63, 3.8) is 0 Å². The van der Waals surface area contributed by atoms with Crippen molar-refractivity contribution in [2.24, 2.45) is 22.6 Å². The molecule has 0 bridgehead atoms. The number of aliphatic imine (C=N–C) groups is 1. The second kappa shape index (κ2) is 11.9. The number of halogens is 1. The van der Waals surface area contributed by atoms with Crippen molar-refractivity contribution in [1.29, 1.82) is 0 Å². The van der Waals surface area contributed by atoms with Gasteiger partial charge in [-0.2, -0.15) is 0 Å². The van der Waals surface area contributed by atoms with Crippen LogP contribution in [0.15, 0.2) is 4.99 Å². The Morgan fingerprint density at radius 2 is 2.23 bits per heavy atom. The van der Waals surface area contributed by atoms with Gasteiger partial charge < -0.3 is 20.7 Å². The van der Waals surface area contributed by atoms with Crippen molar-refractivity contribution >= 4 is 35.8 Å². The number of nitrogens with zero attached hydrogens (tertiary/aromatic N) is 2. The van der Waals surface area contributed by atoms with Gasteiger partial charge in [-0.05, 0) is 24.7 Å². The van der Waals surface area contributed by atoms with Gasteiger partial charge in [0.05, 0.1) is 6.61 Å². The van der Waals surface area contributed by atoms with Crippen LogP contribution >= 0.6 is 24.0 Å².